The highest BCUT2D eigenvalue weighted by atomic mass is 35.5. The van der Waals surface area contributed by atoms with E-state index in [0.717, 1.165) is 35.2 Å². The van der Waals surface area contributed by atoms with Crippen LogP contribution in [-0.4, -0.2) is 31.1 Å². The zero-order valence-corrected chi connectivity index (χ0v) is 15.3. The topological polar surface area (TPSA) is 15.3 Å². The maximum absolute atomic E-state index is 6.03. The van der Waals surface area contributed by atoms with Gasteiger partial charge in [-0.05, 0) is 56.3 Å². The van der Waals surface area contributed by atoms with E-state index in [1.165, 1.54) is 24.3 Å². The Morgan fingerprint density at radius 1 is 1.33 bits per heavy atom. The van der Waals surface area contributed by atoms with E-state index < -0.39 is 0 Å². The van der Waals surface area contributed by atoms with Gasteiger partial charge < -0.3 is 10.2 Å². The molecule has 0 saturated heterocycles. The van der Waals surface area contributed by atoms with Crippen molar-refractivity contribution in [3.8, 4) is 0 Å². The lowest BCUT2D eigenvalue weighted by Gasteiger charge is -2.41. The van der Waals surface area contributed by atoms with E-state index in [-0.39, 0.29) is 0 Å². The first-order valence-corrected chi connectivity index (χ1v) is 9.35. The summed E-state index contributed by atoms with van der Waals surface area (Å²) in [4.78, 5) is 3.82. The van der Waals surface area contributed by atoms with Crippen molar-refractivity contribution < 1.29 is 0 Å². The van der Waals surface area contributed by atoms with Crippen LogP contribution in [0.15, 0.2) is 12.1 Å². The van der Waals surface area contributed by atoms with Gasteiger partial charge in [0.25, 0.3) is 0 Å². The molecule has 1 aromatic rings. The van der Waals surface area contributed by atoms with Gasteiger partial charge in [0.15, 0.2) is 0 Å². The summed E-state index contributed by atoms with van der Waals surface area (Å²) in [6.45, 7) is 10.3. The predicted molar refractivity (Wildman–Crippen MR) is 94.2 cm³/mol. The van der Waals surface area contributed by atoms with Crippen LogP contribution in [0.3, 0.4) is 0 Å². The lowest BCUT2D eigenvalue weighted by molar-refractivity contribution is 0.110. The SMILES string of the molecule is CCNC1CC(C)CC(C)C1CN(C)Cc1ccc(Cl)s1. The molecular formula is C17H29ClN2S. The zero-order chi connectivity index (χ0) is 15.4. The Morgan fingerprint density at radius 2 is 2.10 bits per heavy atom. The molecule has 0 radical (unpaired) electrons. The maximum Gasteiger partial charge on any atom is 0.0931 e. The fourth-order valence-corrected chi connectivity index (χ4v) is 5.01. The third-order valence-electron chi connectivity index (χ3n) is 4.72. The minimum atomic E-state index is 0.670. The molecule has 2 nitrogen and oxygen atoms in total. The van der Waals surface area contributed by atoms with Crippen LogP contribution in [0.4, 0.5) is 0 Å². The fourth-order valence-electron chi connectivity index (χ4n) is 3.84. The molecule has 4 heteroatoms. The quantitative estimate of drug-likeness (QED) is 0.827. The molecule has 4 atom stereocenters. The van der Waals surface area contributed by atoms with Crippen molar-refractivity contribution >= 4 is 22.9 Å². The molecule has 1 saturated carbocycles. The van der Waals surface area contributed by atoms with Gasteiger partial charge in [-0.15, -0.1) is 11.3 Å². The largest absolute Gasteiger partial charge is 0.314 e. The molecule has 0 amide bonds. The van der Waals surface area contributed by atoms with Crippen LogP contribution in [0, 0.1) is 17.8 Å². The van der Waals surface area contributed by atoms with Crippen LogP contribution in [0.5, 0.6) is 0 Å². The Kier molecular flexibility index (Phi) is 6.54. The number of hydrogen-bond acceptors (Lipinski definition) is 3. The lowest BCUT2D eigenvalue weighted by atomic mass is 9.72. The Bertz CT molecular complexity index is 434. The van der Waals surface area contributed by atoms with E-state index in [4.69, 9.17) is 11.6 Å². The number of nitrogens with zero attached hydrogens (tertiary/aromatic N) is 1. The first kappa shape index (κ1) is 17.3. The molecule has 4 unspecified atom stereocenters. The highest BCUT2D eigenvalue weighted by Gasteiger charge is 2.33. The van der Waals surface area contributed by atoms with Crippen LogP contribution in [0.2, 0.25) is 4.34 Å². The van der Waals surface area contributed by atoms with Crippen LogP contribution >= 0.6 is 22.9 Å². The fraction of sp³-hybridized carbons (Fsp3) is 0.765. The van der Waals surface area contributed by atoms with Gasteiger partial charge in [-0.25, -0.2) is 0 Å². The van der Waals surface area contributed by atoms with E-state index in [0.29, 0.717) is 6.04 Å². The molecule has 1 N–H and O–H groups in total. The van der Waals surface area contributed by atoms with Gasteiger partial charge in [0.2, 0.25) is 0 Å². The molecule has 1 aliphatic carbocycles. The van der Waals surface area contributed by atoms with Gasteiger partial charge in [0.05, 0.1) is 4.34 Å². The van der Waals surface area contributed by atoms with E-state index >= 15 is 0 Å². The average Bonchev–Trinajstić information content (AvgIpc) is 2.79. The molecule has 2 rings (SSSR count). The first-order chi connectivity index (χ1) is 9.99. The van der Waals surface area contributed by atoms with Gasteiger partial charge in [-0.2, -0.15) is 0 Å². The van der Waals surface area contributed by atoms with E-state index in [1.807, 2.05) is 6.07 Å². The predicted octanol–water partition coefficient (Wildman–Crippen LogP) is 4.49. The van der Waals surface area contributed by atoms with Crippen molar-refractivity contribution in [2.75, 3.05) is 20.1 Å². The maximum atomic E-state index is 6.03. The summed E-state index contributed by atoms with van der Waals surface area (Å²) in [5.74, 6) is 2.40. The third kappa shape index (κ3) is 4.95. The molecule has 0 bridgehead atoms. The van der Waals surface area contributed by atoms with Gasteiger partial charge >= 0.3 is 0 Å². The monoisotopic (exact) mass is 328 g/mol. The Morgan fingerprint density at radius 3 is 2.71 bits per heavy atom. The van der Waals surface area contributed by atoms with E-state index in [1.54, 1.807) is 11.3 Å². The standard InChI is InChI=1S/C17H29ClN2S/c1-5-19-16-9-12(2)8-13(3)15(16)11-20(4)10-14-6-7-17(18)21-14/h6-7,12-13,15-16,19H,5,8-11H2,1-4H3. The van der Waals surface area contributed by atoms with Crippen LogP contribution in [0.1, 0.15) is 38.5 Å². The second kappa shape index (κ2) is 7.96. The van der Waals surface area contributed by atoms with Crippen LogP contribution < -0.4 is 5.32 Å². The van der Waals surface area contributed by atoms with Crippen LogP contribution in [0.25, 0.3) is 0 Å². The number of thiophene rings is 1. The Hall–Kier alpha value is -0.0900. The molecule has 0 spiro atoms. The summed E-state index contributed by atoms with van der Waals surface area (Å²) in [5.41, 5.74) is 0. The normalized spacial score (nSPS) is 30.0. The molecular weight excluding hydrogens is 300 g/mol. The van der Waals surface area contributed by atoms with Crippen molar-refractivity contribution in [3.05, 3.63) is 21.3 Å². The highest BCUT2D eigenvalue weighted by molar-refractivity contribution is 7.16. The molecule has 1 heterocycles. The van der Waals surface area contributed by atoms with Crippen molar-refractivity contribution in [2.45, 2.75) is 46.2 Å². The summed E-state index contributed by atoms with van der Waals surface area (Å²) in [7, 11) is 2.24. The second-order valence-corrected chi connectivity index (χ2v) is 8.58. The molecule has 0 aliphatic heterocycles. The van der Waals surface area contributed by atoms with Crippen molar-refractivity contribution in [1.29, 1.82) is 0 Å². The van der Waals surface area contributed by atoms with Crippen LogP contribution in [-0.2, 0) is 6.54 Å². The van der Waals surface area contributed by atoms with Crippen molar-refractivity contribution in [2.24, 2.45) is 17.8 Å². The molecule has 0 aromatic carbocycles. The lowest BCUT2D eigenvalue weighted by Crippen LogP contribution is -2.48. The third-order valence-corrected chi connectivity index (χ3v) is 5.94. The van der Waals surface area contributed by atoms with E-state index in [2.05, 4.69) is 44.1 Å². The van der Waals surface area contributed by atoms with Crippen molar-refractivity contribution in [3.63, 3.8) is 0 Å². The minimum absolute atomic E-state index is 0.670. The molecule has 1 aliphatic rings. The zero-order valence-electron chi connectivity index (χ0n) is 13.7. The van der Waals surface area contributed by atoms with E-state index in [9.17, 15) is 0 Å². The summed E-state index contributed by atoms with van der Waals surface area (Å²) in [6, 6.07) is 4.82. The Balaban J connectivity index is 1.94. The van der Waals surface area contributed by atoms with Gasteiger partial charge in [0, 0.05) is 24.0 Å². The number of nitrogens with one attached hydrogen (secondary N) is 1. The summed E-state index contributed by atoms with van der Waals surface area (Å²) in [6.07, 6.45) is 2.69. The number of hydrogen-bond donors (Lipinski definition) is 1. The number of rotatable bonds is 6. The molecule has 21 heavy (non-hydrogen) atoms. The van der Waals surface area contributed by atoms with Gasteiger partial charge in [0.1, 0.15) is 0 Å². The molecule has 120 valence electrons. The summed E-state index contributed by atoms with van der Waals surface area (Å²) in [5, 5.41) is 3.72. The van der Waals surface area contributed by atoms with Crippen molar-refractivity contribution in [1.82, 2.24) is 10.2 Å². The minimum Gasteiger partial charge on any atom is -0.314 e. The van der Waals surface area contributed by atoms with Gasteiger partial charge in [-0.1, -0.05) is 32.4 Å². The summed E-state index contributed by atoms with van der Waals surface area (Å²) >= 11 is 7.73. The molecule has 1 fully saturated rings. The first-order valence-electron chi connectivity index (χ1n) is 8.15. The Labute approximate surface area is 138 Å². The smallest absolute Gasteiger partial charge is 0.0931 e. The number of halogens is 1. The highest BCUT2D eigenvalue weighted by Crippen LogP contribution is 2.34. The van der Waals surface area contributed by atoms with Gasteiger partial charge in [-0.3, -0.25) is 0 Å². The average molecular weight is 329 g/mol. The second-order valence-electron chi connectivity index (χ2n) is 6.78. The summed E-state index contributed by atoms with van der Waals surface area (Å²) < 4.78 is 0.892. The molecule has 1 aromatic heterocycles.